The van der Waals surface area contributed by atoms with Gasteiger partial charge < -0.3 is 10.7 Å². The summed E-state index contributed by atoms with van der Waals surface area (Å²) >= 11 is 0. The van der Waals surface area contributed by atoms with Gasteiger partial charge >= 0.3 is 0 Å². The number of hydrogen-bond donors (Lipinski definition) is 2. The quantitative estimate of drug-likeness (QED) is 0.879. The molecule has 1 heterocycles. The van der Waals surface area contributed by atoms with Gasteiger partial charge in [0.2, 0.25) is 10.0 Å². The minimum absolute atomic E-state index is 0.243. The minimum Gasteiger partial charge on any atom is -0.363 e. The summed E-state index contributed by atoms with van der Waals surface area (Å²) in [4.78, 5) is 3.10. The molecule has 0 radical (unpaired) electrons. The smallest absolute Gasteiger partial charge is 0.244 e. The van der Waals surface area contributed by atoms with Crippen LogP contribution in [0, 0.1) is 6.92 Å². The molecule has 1 aromatic heterocycles. The molecule has 3 N–H and O–H groups in total. The van der Waals surface area contributed by atoms with E-state index in [1.54, 1.807) is 13.1 Å². The van der Waals surface area contributed by atoms with Gasteiger partial charge in [0, 0.05) is 32.0 Å². The Morgan fingerprint density at radius 1 is 1.25 bits per heavy atom. The maximum absolute atomic E-state index is 12.4. The second-order valence-electron chi connectivity index (χ2n) is 4.81. The molecule has 0 aliphatic heterocycles. The number of benzene rings is 1. The minimum atomic E-state index is -3.49. The van der Waals surface area contributed by atoms with Crippen LogP contribution in [0.5, 0.6) is 0 Å². The zero-order valence-corrected chi connectivity index (χ0v) is 12.4. The predicted molar refractivity (Wildman–Crippen MR) is 78.5 cm³/mol. The van der Waals surface area contributed by atoms with Crippen molar-refractivity contribution in [3.63, 3.8) is 0 Å². The molecule has 0 aliphatic rings. The fourth-order valence-electron chi connectivity index (χ4n) is 1.90. The number of sulfonamides is 1. The molecule has 0 saturated heterocycles. The lowest BCUT2D eigenvalue weighted by molar-refractivity contribution is 0.467. The maximum Gasteiger partial charge on any atom is 0.244 e. The second-order valence-corrected chi connectivity index (χ2v) is 6.86. The molecule has 0 unspecified atom stereocenters. The van der Waals surface area contributed by atoms with E-state index in [1.165, 1.54) is 10.5 Å². The molecule has 1 aromatic carbocycles. The summed E-state index contributed by atoms with van der Waals surface area (Å²) in [6.07, 6.45) is 1.48. The van der Waals surface area contributed by atoms with E-state index in [2.05, 4.69) is 4.98 Å². The molecule has 0 bridgehead atoms. The van der Waals surface area contributed by atoms with Gasteiger partial charge in [0.15, 0.2) is 0 Å². The van der Waals surface area contributed by atoms with Crippen molar-refractivity contribution in [2.75, 3.05) is 7.05 Å². The normalized spacial score (nSPS) is 12.0. The molecular weight excluding hydrogens is 274 g/mol. The van der Waals surface area contributed by atoms with Crippen LogP contribution in [0.2, 0.25) is 0 Å². The largest absolute Gasteiger partial charge is 0.363 e. The Bertz CT molecular complexity index is 675. The predicted octanol–water partition coefficient (Wildman–Crippen LogP) is 1.60. The van der Waals surface area contributed by atoms with Crippen LogP contribution in [0.3, 0.4) is 0 Å². The van der Waals surface area contributed by atoms with E-state index in [4.69, 9.17) is 5.73 Å². The number of H-pyrrole nitrogens is 1. The molecule has 108 valence electrons. The standard InChI is InChI=1S/C14H19N3O2S/c1-11-3-5-12(6-4-11)10-17(2)20(18,19)14-7-13(8-15)16-9-14/h3-7,9,16H,8,10,15H2,1-2H3. The first kappa shape index (κ1) is 14.8. The average Bonchev–Trinajstić information content (AvgIpc) is 2.90. The summed E-state index contributed by atoms with van der Waals surface area (Å²) in [5.74, 6) is 0. The van der Waals surface area contributed by atoms with Gasteiger partial charge in [-0.1, -0.05) is 29.8 Å². The number of nitrogens with zero attached hydrogens (tertiary/aromatic N) is 1. The van der Waals surface area contributed by atoms with Crippen molar-refractivity contribution in [1.82, 2.24) is 9.29 Å². The molecule has 5 nitrogen and oxygen atoms in total. The lowest BCUT2D eigenvalue weighted by Gasteiger charge is -2.16. The third kappa shape index (κ3) is 3.09. The molecule has 0 aliphatic carbocycles. The highest BCUT2D eigenvalue weighted by molar-refractivity contribution is 7.89. The number of nitrogens with two attached hydrogens (primary N) is 1. The van der Waals surface area contributed by atoms with Crippen molar-refractivity contribution >= 4 is 10.0 Å². The summed E-state index contributed by atoms with van der Waals surface area (Å²) < 4.78 is 26.1. The fourth-order valence-corrected chi connectivity index (χ4v) is 3.08. The van der Waals surface area contributed by atoms with Crippen molar-refractivity contribution in [2.24, 2.45) is 5.73 Å². The Balaban J connectivity index is 2.18. The molecule has 6 heteroatoms. The zero-order valence-electron chi connectivity index (χ0n) is 11.6. The summed E-state index contributed by atoms with van der Waals surface area (Å²) in [5, 5.41) is 0. The van der Waals surface area contributed by atoms with Crippen molar-refractivity contribution in [2.45, 2.75) is 24.9 Å². The van der Waals surface area contributed by atoms with Crippen LogP contribution in [0.1, 0.15) is 16.8 Å². The van der Waals surface area contributed by atoms with Gasteiger partial charge in [-0.05, 0) is 18.6 Å². The van der Waals surface area contributed by atoms with Crippen LogP contribution in [-0.2, 0) is 23.1 Å². The Morgan fingerprint density at radius 3 is 2.45 bits per heavy atom. The molecule has 0 amide bonds. The maximum atomic E-state index is 12.4. The van der Waals surface area contributed by atoms with E-state index in [1.807, 2.05) is 31.2 Å². The van der Waals surface area contributed by atoms with Gasteiger partial charge in [0.05, 0.1) is 4.90 Å². The lowest BCUT2D eigenvalue weighted by Crippen LogP contribution is -2.26. The van der Waals surface area contributed by atoms with Gasteiger partial charge in [-0.2, -0.15) is 4.31 Å². The van der Waals surface area contributed by atoms with Gasteiger partial charge in [-0.3, -0.25) is 0 Å². The first-order valence-electron chi connectivity index (χ1n) is 6.32. The summed E-state index contributed by atoms with van der Waals surface area (Å²) in [5.41, 5.74) is 8.29. The van der Waals surface area contributed by atoms with Crippen molar-refractivity contribution < 1.29 is 8.42 Å². The average molecular weight is 293 g/mol. The second kappa shape index (κ2) is 5.78. The number of aryl methyl sites for hydroxylation is 1. The summed E-state index contributed by atoms with van der Waals surface area (Å²) in [6.45, 7) is 2.63. The van der Waals surface area contributed by atoms with Crippen LogP contribution in [0.15, 0.2) is 41.4 Å². The molecule has 0 atom stereocenters. The van der Waals surface area contributed by atoms with Crippen LogP contribution >= 0.6 is 0 Å². The third-order valence-corrected chi connectivity index (χ3v) is 4.95. The molecule has 0 fully saturated rings. The van der Waals surface area contributed by atoms with E-state index >= 15 is 0 Å². The third-order valence-electron chi connectivity index (χ3n) is 3.17. The molecule has 20 heavy (non-hydrogen) atoms. The molecular formula is C14H19N3O2S. The first-order valence-corrected chi connectivity index (χ1v) is 7.76. The number of nitrogens with one attached hydrogen (secondary N) is 1. The highest BCUT2D eigenvalue weighted by Crippen LogP contribution is 2.17. The molecule has 2 aromatic rings. The fraction of sp³-hybridized carbons (Fsp3) is 0.286. The Hall–Kier alpha value is -1.63. The summed E-state index contributed by atoms with van der Waals surface area (Å²) in [6, 6.07) is 9.38. The number of aromatic nitrogens is 1. The highest BCUT2D eigenvalue weighted by Gasteiger charge is 2.22. The number of hydrogen-bond acceptors (Lipinski definition) is 3. The number of rotatable bonds is 5. The van der Waals surface area contributed by atoms with Gasteiger partial charge in [-0.25, -0.2) is 8.42 Å². The van der Waals surface area contributed by atoms with E-state index < -0.39 is 10.0 Å². The van der Waals surface area contributed by atoms with Crippen LogP contribution in [-0.4, -0.2) is 24.8 Å². The zero-order chi connectivity index (χ0) is 14.8. The van der Waals surface area contributed by atoms with Gasteiger partial charge in [0.1, 0.15) is 0 Å². The van der Waals surface area contributed by atoms with Crippen molar-refractivity contribution in [3.8, 4) is 0 Å². The van der Waals surface area contributed by atoms with Crippen LogP contribution < -0.4 is 5.73 Å². The van der Waals surface area contributed by atoms with E-state index in [0.717, 1.165) is 11.1 Å². The SMILES string of the molecule is Cc1ccc(CN(C)S(=O)(=O)c2c[nH]c(CN)c2)cc1. The topological polar surface area (TPSA) is 79.2 Å². The molecule has 0 saturated carbocycles. The van der Waals surface area contributed by atoms with E-state index in [-0.39, 0.29) is 11.4 Å². The van der Waals surface area contributed by atoms with Crippen LogP contribution in [0.25, 0.3) is 0 Å². The lowest BCUT2D eigenvalue weighted by atomic mass is 10.1. The monoisotopic (exact) mass is 293 g/mol. The number of aromatic amines is 1. The Labute approximate surface area is 119 Å². The highest BCUT2D eigenvalue weighted by atomic mass is 32.2. The van der Waals surface area contributed by atoms with Gasteiger partial charge in [-0.15, -0.1) is 0 Å². The summed E-state index contributed by atoms with van der Waals surface area (Å²) in [7, 11) is -1.92. The van der Waals surface area contributed by atoms with E-state index in [0.29, 0.717) is 12.2 Å². The molecule has 0 spiro atoms. The van der Waals surface area contributed by atoms with E-state index in [9.17, 15) is 8.42 Å². The van der Waals surface area contributed by atoms with Crippen molar-refractivity contribution in [3.05, 3.63) is 53.3 Å². The van der Waals surface area contributed by atoms with Gasteiger partial charge in [0.25, 0.3) is 0 Å². The van der Waals surface area contributed by atoms with Crippen LogP contribution in [0.4, 0.5) is 0 Å². The Morgan fingerprint density at radius 2 is 1.90 bits per heavy atom. The van der Waals surface area contributed by atoms with Crippen molar-refractivity contribution in [1.29, 1.82) is 0 Å². The first-order chi connectivity index (χ1) is 9.43. The molecule has 2 rings (SSSR count). The Kier molecular flexibility index (Phi) is 4.27.